The molecule has 1 aromatic rings. The van der Waals surface area contributed by atoms with E-state index in [0.717, 1.165) is 29.7 Å². The average molecular weight is 359 g/mol. The molecule has 1 unspecified atom stereocenters. The molecule has 116 valence electrons. The van der Waals surface area contributed by atoms with Crippen LogP contribution < -0.4 is 5.73 Å². The first-order valence-electron chi connectivity index (χ1n) is 6.34. The predicted molar refractivity (Wildman–Crippen MR) is 86.4 cm³/mol. The van der Waals surface area contributed by atoms with Crippen LogP contribution in [0.4, 0.5) is 0 Å². The first kappa shape index (κ1) is 18.2. The van der Waals surface area contributed by atoms with E-state index in [-0.39, 0.29) is 18.4 Å². The highest BCUT2D eigenvalue weighted by Crippen LogP contribution is 2.33. The lowest BCUT2D eigenvalue weighted by Crippen LogP contribution is -2.42. The zero-order valence-electron chi connectivity index (χ0n) is 11.5. The lowest BCUT2D eigenvalue weighted by Gasteiger charge is -2.32. The van der Waals surface area contributed by atoms with E-state index >= 15 is 0 Å². The van der Waals surface area contributed by atoms with Gasteiger partial charge < -0.3 is 5.73 Å². The van der Waals surface area contributed by atoms with Crippen molar-refractivity contribution in [2.45, 2.75) is 36.9 Å². The number of nitrogens with zero attached hydrogens (tertiary/aromatic N) is 1. The van der Waals surface area contributed by atoms with Crippen LogP contribution in [0.2, 0.25) is 4.34 Å². The van der Waals surface area contributed by atoms with Crippen molar-refractivity contribution in [3.63, 3.8) is 0 Å². The molecular formula is C12H20Cl2N2O2S2. The molecule has 2 rings (SSSR count). The molecule has 1 atom stereocenters. The van der Waals surface area contributed by atoms with Crippen LogP contribution in [0.25, 0.3) is 0 Å². The molecule has 0 bridgehead atoms. The maximum absolute atomic E-state index is 12.5. The van der Waals surface area contributed by atoms with E-state index in [1.807, 2.05) is 13.8 Å². The van der Waals surface area contributed by atoms with Crippen molar-refractivity contribution >= 4 is 45.4 Å². The van der Waals surface area contributed by atoms with Crippen LogP contribution >= 0.6 is 35.3 Å². The van der Waals surface area contributed by atoms with Gasteiger partial charge in [0.05, 0.1) is 4.34 Å². The predicted octanol–water partition coefficient (Wildman–Crippen LogP) is 2.88. The van der Waals surface area contributed by atoms with E-state index in [0.29, 0.717) is 27.6 Å². The van der Waals surface area contributed by atoms with Gasteiger partial charge in [0.1, 0.15) is 4.21 Å². The Labute approximate surface area is 135 Å². The molecule has 0 amide bonds. The topological polar surface area (TPSA) is 63.4 Å². The first-order chi connectivity index (χ1) is 8.82. The van der Waals surface area contributed by atoms with Crippen molar-refractivity contribution in [2.24, 2.45) is 11.7 Å². The normalized spacial score (nSPS) is 19.6. The van der Waals surface area contributed by atoms with Gasteiger partial charge >= 0.3 is 0 Å². The van der Waals surface area contributed by atoms with E-state index in [2.05, 4.69) is 0 Å². The van der Waals surface area contributed by atoms with Crippen LogP contribution in [0, 0.1) is 12.8 Å². The Morgan fingerprint density at radius 3 is 2.40 bits per heavy atom. The molecule has 0 saturated carbocycles. The minimum atomic E-state index is -3.39. The van der Waals surface area contributed by atoms with Crippen LogP contribution in [0.1, 0.15) is 25.3 Å². The molecule has 1 saturated heterocycles. The van der Waals surface area contributed by atoms with Gasteiger partial charge in [-0.2, -0.15) is 4.31 Å². The van der Waals surface area contributed by atoms with Crippen LogP contribution in [-0.4, -0.2) is 31.9 Å². The van der Waals surface area contributed by atoms with Gasteiger partial charge in [-0.3, -0.25) is 0 Å². The van der Waals surface area contributed by atoms with Crippen LogP contribution in [0.3, 0.4) is 0 Å². The number of nitrogens with two attached hydrogens (primary N) is 1. The van der Waals surface area contributed by atoms with Crippen molar-refractivity contribution in [1.29, 1.82) is 0 Å². The number of rotatable bonds is 3. The molecule has 0 aliphatic carbocycles. The molecular weight excluding hydrogens is 339 g/mol. The van der Waals surface area contributed by atoms with Crippen molar-refractivity contribution in [3.05, 3.63) is 16.0 Å². The summed E-state index contributed by atoms with van der Waals surface area (Å²) in [5.41, 5.74) is 6.69. The van der Waals surface area contributed by atoms with Gasteiger partial charge in [-0.15, -0.1) is 23.7 Å². The summed E-state index contributed by atoms with van der Waals surface area (Å²) in [4.78, 5) is 0. The Hall–Kier alpha value is 0.150. The summed E-state index contributed by atoms with van der Waals surface area (Å²) in [6.45, 7) is 4.89. The number of piperidine rings is 1. The average Bonchev–Trinajstić information content (AvgIpc) is 2.70. The van der Waals surface area contributed by atoms with Crippen LogP contribution in [0.5, 0.6) is 0 Å². The zero-order valence-corrected chi connectivity index (χ0v) is 14.7. The summed E-state index contributed by atoms with van der Waals surface area (Å²) in [6, 6.07) is 1.78. The third kappa shape index (κ3) is 3.67. The molecule has 1 aromatic heterocycles. The summed E-state index contributed by atoms with van der Waals surface area (Å²) in [5, 5.41) is 0. The van der Waals surface area contributed by atoms with E-state index < -0.39 is 10.0 Å². The van der Waals surface area contributed by atoms with E-state index in [1.54, 1.807) is 10.4 Å². The van der Waals surface area contributed by atoms with Gasteiger partial charge in [-0.1, -0.05) is 11.6 Å². The van der Waals surface area contributed by atoms with Crippen LogP contribution in [0.15, 0.2) is 10.3 Å². The summed E-state index contributed by atoms with van der Waals surface area (Å²) in [5.74, 6) is 0.417. The lowest BCUT2D eigenvalue weighted by molar-refractivity contribution is 0.251. The van der Waals surface area contributed by atoms with Crippen molar-refractivity contribution in [1.82, 2.24) is 4.31 Å². The molecule has 20 heavy (non-hydrogen) atoms. The standard InChI is InChI=1S/C12H19ClN2O2S2.ClH/c1-8-7-11(18-12(8)13)19(16,17)15-5-3-10(4-6-15)9(2)14;/h7,9-10H,3-6,14H2,1-2H3;1H. The van der Waals surface area contributed by atoms with E-state index in [9.17, 15) is 8.42 Å². The molecule has 4 nitrogen and oxygen atoms in total. The fraction of sp³-hybridized carbons (Fsp3) is 0.667. The number of halogens is 2. The molecule has 0 spiro atoms. The lowest BCUT2D eigenvalue weighted by atomic mass is 9.92. The fourth-order valence-corrected chi connectivity index (χ4v) is 5.66. The molecule has 2 N–H and O–H groups in total. The van der Waals surface area contributed by atoms with Gasteiger partial charge in [-0.25, -0.2) is 8.42 Å². The maximum Gasteiger partial charge on any atom is 0.252 e. The fourth-order valence-electron chi connectivity index (χ4n) is 2.33. The largest absolute Gasteiger partial charge is 0.328 e. The number of hydrogen-bond donors (Lipinski definition) is 1. The number of aryl methyl sites for hydroxylation is 1. The van der Waals surface area contributed by atoms with Crippen molar-refractivity contribution in [3.8, 4) is 0 Å². The minimum Gasteiger partial charge on any atom is -0.328 e. The van der Waals surface area contributed by atoms with Gasteiger partial charge in [-0.05, 0) is 44.2 Å². The highest BCUT2D eigenvalue weighted by Gasteiger charge is 2.31. The quantitative estimate of drug-likeness (QED) is 0.903. The van der Waals surface area contributed by atoms with E-state index in [4.69, 9.17) is 17.3 Å². The van der Waals surface area contributed by atoms with Crippen LogP contribution in [-0.2, 0) is 10.0 Å². The molecule has 1 aliphatic heterocycles. The van der Waals surface area contributed by atoms with Gasteiger partial charge in [0.25, 0.3) is 10.0 Å². The summed E-state index contributed by atoms with van der Waals surface area (Å²) in [7, 11) is -3.39. The van der Waals surface area contributed by atoms with Crippen molar-refractivity contribution < 1.29 is 8.42 Å². The Kier molecular flexibility index (Phi) is 6.32. The third-order valence-electron chi connectivity index (χ3n) is 3.67. The summed E-state index contributed by atoms with van der Waals surface area (Å²) in [6.07, 6.45) is 1.66. The number of sulfonamides is 1. The van der Waals surface area contributed by atoms with Gasteiger partial charge in [0, 0.05) is 19.1 Å². The van der Waals surface area contributed by atoms with Gasteiger partial charge in [0.2, 0.25) is 0 Å². The Balaban J connectivity index is 0.00000200. The highest BCUT2D eigenvalue weighted by atomic mass is 35.5. The third-order valence-corrected chi connectivity index (χ3v) is 7.57. The first-order valence-corrected chi connectivity index (χ1v) is 8.97. The highest BCUT2D eigenvalue weighted by molar-refractivity contribution is 7.91. The minimum absolute atomic E-state index is 0. The molecule has 2 heterocycles. The smallest absolute Gasteiger partial charge is 0.252 e. The second-order valence-corrected chi connectivity index (χ2v) is 8.94. The number of thiophene rings is 1. The molecule has 8 heteroatoms. The van der Waals surface area contributed by atoms with Crippen molar-refractivity contribution in [2.75, 3.05) is 13.1 Å². The van der Waals surface area contributed by atoms with Gasteiger partial charge in [0.15, 0.2) is 0 Å². The Morgan fingerprint density at radius 2 is 2.00 bits per heavy atom. The SMILES string of the molecule is Cc1cc(S(=O)(=O)N2CCC(C(C)N)CC2)sc1Cl.Cl. The monoisotopic (exact) mass is 358 g/mol. The Bertz CT molecular complexity index is 530. The molecule has 1 aliphatic rings. The maximum atomic E-state index is 12.5. The summed E-state index contributed by atoms with van der Waals surface area (Å²) < 4.78 is 27.4. The number of hydrogen-bond acceptors (Lipinski definition) is 4. The Morgan fingerprint density at radius 1 is 1.45 bits per heavy atom. The second-order valence-electron chi connectivity index (χ2n) is 5.12. The summed E-state index contributed by atoms with van der Waals surface area (Å²) >= 11 is 7.09. The molecule has 0 aromatic carbocycles. The molecule has 0 radical (unpaired) electrons. The molecule has 1 fully saturated rings. The zero-order chi connectivity index (χ0) is 14.2. The van der Waals surface area contributed by atoms with E-state index in [1.165, 1.54) is 0 Å². The second kappa shape index (κ2) is 6.94.